The zero-order chi connectivity index (χ0) is 24.9. The van der Waals surface area contributed by atoms with E-state index in [0.717, 1.165) is 15.5 Å². The molecule has 4 heteroatoms. The van der Waals surface area contributed by atoms with Crippen LogP contribution in [-0.4, -0.2) is 14.1 Å². The second kappa shape index (κ2) is 11.4. The van der Waals surface area contributed by atoms with E-state index >= 15 is 0 Å². The average molecular weight is 591 g/mol. The average Bonchev–Trinajstić information content (AvgIpc) is 2.84. The largest absolute Gasteiger partial charge is 0.378 e. The molecule has 0 fully saturated rings. The quantitative estimate of drug-likeness (QED) is 0.195. The molecule has 0 aliphatic heterocycles. The molecule has 2 nitrogen and oxygen atoms in total. The Morgan fingerprint density at radius 1 is 0.714 bits per heavy atom. The smallest absolute Gasteiger partial charge is 0.213 e. The lowest BCUT2D eigenvalue weighted by Gasteiger charge is -2.13. The highest BCUT2D eigenvalue weighted by Gasteiger charge is 2.21. The van der Waals surface area contributed by atoms with Crippen LogP contribution in [0.1, 0.15) is 25.1 Å². The zero-order valence-electron chi connectivity index (χ0n) is 20.7. The molecule has 35 heavy (non-hydrogen) atoms. The maximum Gasteiger partial charge on any atom is 0.213 e. The molecule has 0 saturated carbocycles. The van der Waals surface area contributed by atoms with Crippen LogP contribution >= 0.6 is 31.9 Å². The summed E-state index contributed by atoms with van der Waals surface area (Å²) in [6.07, 6.45) is 4.46. The molecule has 1 heterocycles. The van der Waals surface area contributed by atoms with Crippen LogP contribution in [0.4, 0.5) is 5.69 Å². The van der Waals surface area contributed by atoms with Gasteiger partial charge < -0.3 is 4.90 Å². The van der Waals surface area contributed by atoms with Gasteiger partial charge >= 0.3 is 0 Å². The van der Waals surface area contributed by atoms with Crippen molar-refractivity contribution in [3.8, 4) is 22.4 Å². The van der Waals surface area contributed by atoms with Gasteiger partial charge in [0.2, 0.25) is 11.4 Å². The minimum atomic E-state index is 0.513. The summed E-state index contributed by atoms with van der Waals surface area (Å²) >= 11 is 7.16. The highest BCUT2D eigenvalue weighted by atomic mass is 79.9. The monoisotopic (exact) mass is 589 g/mol. The van der Waals surface area contributed by atoms with Crippen LogP contribution < -0.4 is 9.47 Å². The minimum Gasteiger partial charge on any atom is -0.378 e. The number of rotatable bonds is 7. The first-order valence-electron chi connectivity index (χ1n) is 11.9. The Labute approximate surface area is 226 Å². The number of anilines is 1. The highest BCUT2D eigenvalue weighted by Crippen LogP contribution is 2.28. The predicted octanol–water partition coefficient (Wildman–Crippen LogP) is 8.73. The molecule has 0 bridgehead atoms. The van der Waals surface area contributed by atoms with E-state index in [9.17, 15) is 0 Å². The lowest BCUT2D eigenvalue weighted by atomic mass is 10.00. The van der Waals surface area contributed by atoms with Gasteiger partial charge in [-0.25, -0.2) is 0 Å². The topological polar surface area (TPSA) is 7.12 Å². The molecule has 0 aliphatic carbocycles. The second-order valence-corrected chi connectivity index (χ2v) is 11.2. The van der Waals surface area contributed by atoms with Crippen molar-refractivity contribution in [3.63, 3.8) is 0 Å². The van der Waals surface area contributed by atoms with Crippen LogP contribution in [0.3, 0.4) is 0 Å². The first-order chi connectivity index (χ1) is 16.8. The Morgan fingerprint density at radius 3 is 1.83 bits per heavy atom. The molecule has 0 amide bonds. The SMILES string of the molecule is CC(C)C[n+]1c(/C=C/c2ccc(N(C)C)cc2)cc(-c2ccc(Br)cc2)cc1-c1ccc(Br)cc1. The third-order valence-corrected chi connectivity index (χ3v) is 6.98. The van der Waals surface area contributed by atoms with Crippen molar-refractivity contribution in [2.24, 2.45) is 5.92 Å². The standard InChI is InChI=1S/C31H31Br2N2/c1-22(2)21-35-30(18-7-23-5-16-29(17-6-23)34(3)4)19-26(24-8-12-27(32)13-9-24)20-31(35)25-10-14-28(33)15-11-25/h5-20,22H,21H2,1-4H3/q+1. The van der Waals surface area contributed by atoms with Gasteiger partial charge in [-0.05, 0) is 71.3 Å². The number of hydrogen-bond acceptors (Lipinski definition) is 1. The number of hydrogen-bond donors (Lipinski definition) is 0. The summed E-state index contributed by atoms with van der Waals surface area (Å²) in [6.45, 7) is 5.48. The van der Waals surface area contributed by atoms with Crippen LogP contribution in [0.15, 0.2) is 93.9 Å². The van der Waals surface area contributed by atoms with Crippen LogP contribution in [0, 0.1) is 5.92 Å². The zero-order valence-corrected chi connectivity index (χ0v) is 23.8. The van der Waals surface area contributed by atoms with Gasteiger partial charge in [0.05, 0.1) is 0 Å². The van der Waals surface area contributed by atoms with E-state index in [4.69, 9.17) is 0 Å². The number of aromatic nitrogens is 1. The summed E-state index contributed by atoms with van der Waals surface area (Å²) in [5.41, 5.74) is 8.41. The van der Waals surface area contributed by atoms with Crippen molar-refractivity contribution in [2.75, 3.05) is 19.0 Å². The molecule has 0 spiro atoms. The van der Waals surface area contributed by atoms with Crippen molar-refractivity contribution in [3.05, 3.63) is 105 Å². The molecule has 0 unspecified atom stereocenters. The van der Waals surface area contributed by atoms with E-state index in [2.05, 4.69) is 166 Å². The highest BCUT2D eigenvalue weighted by molar-refractivity contribution is 9.10. The molecule has 0 N–H and O–H groups in total. The van der Waals surface area contributed by atoms with E-state index in [0.29, 0.717) is 5.92 Å². The summed E-state index contributed by atoms with van der Waals surface area (Å²) in [7, 11) is 4.13. The molecule has 0 saturated heterocycles. The molecule has 178 valence electrons. The molecule has 4 rings (SSSR count). The van der Waals surface area contributed by atoms with E-state index in [1.54, 1.807) is 0 Å². The lowest BCUT2D eigenvalue weighted by Crippen LogP contribution is -2.41. The molecule has 3 aromatic carbocycles. The molecule has 0 radical (unpaired) electrons. The van der Waals surface area contributed by atoms with Gasteiger partial charge in [0.25, 0.3) is 0 Å². The van der Waals surface area contributed by atoms with Crippen LogP contribution in [0.5, 0.6) is 0 Å². The maximum absolute atomic E-state index is 3.59. The van der Waals surface area contributed by atoms with Gasteiger partial charge in [0.15, 0.2) is 6.54 Å². The van der Waals surface area contributed by atoms with Crippen molar-refractivity contribution in [1.29, 1.82) is 0 Å². The fourth-order valence-electron chi connectivity index (χ4n) is 4.08. The molecule has 1 aromatic heterocycles. The van der Waals surface area contributed by atoms with Crippen molar-refractivity contribution >= 4 is 49.7 Å². The number of benzene rings is 3. The molecule has 0 aliphatic rings. The number of pyridine rings is 1. The molecule has 4 aromatic rings. The van der Waals surface area contributed by atoms with Gasteiger partial charge in [0, 0.05) is 58.4 Å². The Hall–Kier alpha value is -2.69. The fraction of sp³-hybridized carbons (Fsp3) is 0.194. The third kappa shape index (κ3) is 6.50. The Morgan fingerprint density at radius 2 is 1.29 bits per heavy atom. The van der Waals surface area contributed by atoms with E-state index in [-0.39, 0.29) is 0 Å². The predicted molar refractivity (Wildman–Crippen MR) is 157 cm³/mol. The Bertz CT molecular complexity index is 1300. The normalized spacial score (nSPS) is 11.4. The third-order valence-electron chi connectivity index (χ3n) is 5.92. The Balaban J connectivity index is 1.87. The number of halogens is 2. The minimum absolute atomic E-state index is 0.513. The first kappa shape index (κ1) is 25.4. The van der Waals surface area contributed by atoms with Crippen molar-refractivity contribution in [2.45, 2.75) is 20.4 Å². The van der Waals surface area contributed by atoms with Gasteiger partial charge in [0.1, 0.15) is 0 Å². The maximum atomic E-state index is 3.59. The number of nitrogens with zero attached hydrogens (tertiary/aromatic N) is 2. The second-order valence-electron chi connectivity index (χ2n) is 9.39. The summed E-state index contributed by atoms with van der Waals surface area (Å²) in [6, 6.07) is 30.4. The van der Waals surface area contributed by atoms with Crippen LogP contribution in [0.25, 0.3) is 34.5 Å². The molecular weight excluding hydrogens is 560 g/mol. The van der Waals surface area contributed by atoms with Gasteiger partial charge in [-0.15, -0.1) is 0 Å². The summed E-state index contributed by atoms with van der Waals surface area (Å²) in [5, 5.41) is 0. The van der Waals surface area contributed by atoms with Gasteiger partial charge in [-0.2, -0.15) is 4.57 Å². The van der Waals surface area contributed by atoms with E-state index in [1.807, 2.05) is 0 Å². The van der Waals surface area contributed by atoms with Crippen LogP contribution in [0.2, 0.25) is 0 Å². The van der Waals surface area contributed by atoms with Crippen molar-refractivity contribution < 1.29 is 4.57 Å². The molecular formula is C31H31Br2N2+. The van der Waals surface area contributed by atoms with Gasteiger partial charge in [-0.1, -0.05) is 70.0 Å². The van der Waals surface area contributed by atoms with E-state index < -0.39 is 0 Å². The van der Waals surface area contributed by atoms with E-state index in [1.165, 1.54) is 39.3 Å². The summed E-state index contributed by atoms with van der Waals surface area (Å²) < 4.78 is 4.62. The summed E-state index contributed by atoms with van der Waals surface area (Å²) in [4.78, 5) is 2.12. The Kier molecular flexibility index (Phi) is 8.25. The van der Waals surface area contributed by atoms with Gasteiger partial charge in [-0.3, -0.25) is 0 Å². The van der Waals surface area contributed by atoms with Crippen molar-refractivity contribution in [1.82, 2.24) is 0 Å². The first-order valence-corrected chi connectivity index (χ1v) is 13.4. The van der Waals surface area contributed by atoms with Crippen LogP contribution in [-0.2, 0) is 6.54 Å². The lowest BCUT2D eigenvalue weighted by molar-refractivity contribution is -0.693. The molecule has 0 atom stereocenters. The summed E-state index contributed by atoms with van der Waals surface area (Å²) in [5.74, 6) is 0.513. The fourth-order valence-corrected chi connectivity index (χ4v) is 4.61.